The third kappa shape index (κ3) is 2.00. The number of nitrogens with zero attached hydrogens (tertiary/aromatic N) is 2. The molecule has 0 saturated heterocycles. The van der Waals surface area contributed by atoms with Crippen LogP contribution in [0.3, 0.4) is 0 Å². The first-order valence-electron chi connectivity index (χ1n) is 4.61. The minimum Gasteiger partial charge on any atom is -0.192 e. The molecule has 0 aromatic heterocycles. The molecule has 2 rings (SSSR count). The van der Waals surface area contributed by atoms with Crippen molar-refractivity contribution in [2.45, 2.75) is 0 Å². The summed E-state index contributed by atoms with van der Waals surface area (Å²) in [7, 11) is 0. The number of hydrogen-bond acceptors (Lipinski definition) is 2. The maximum atomic E-state index is 9.18. The first-order valence-corrected chi connectivity index (χ1v) is 6.95. The minimum absolute atomic E-state index is 0.315. The number of halogens is 4. The Morgan fingerprint density at radius 2 is 1.17 bits per heavy atom. The van der Waals surface area contributed by atoms with Crippen molar-refractivity contribution in [3.05, 3.63) is 42.3 Å². The van der Waals surface area contributed by atoms with Crippen LogP contribution in [-0.4, -0.2) is 0 Å². The molecule has 0 heterocycles. The highest BCUT2D eigenvalue weighted by Gasteiger charge is 2.16. The quantitative estimate of drug-likeness (QED) is 0.589. The predicted molar refractivity (Wildman–Crippen MR) is 78.8 cm³/mol. The van der Waals surface area contributed by atoms with Crippen LogP contribution in [0.5, 0.6) is 0 Å². The van der Waals surface area contributed by atoms with Gasteiger partial charge in [-0.1, -0.05) is 23.2 Å². The highest BCUT2D eigenvalue weighted by atomic mass is 79.9. The number of rotatable bonds is 0. The number of hydrogen-bond donors (Lipinski definition) is 0. The first-order chi connectivity index (χ1) is 8.51. The highest BCUT2D eigenvalue weighted by Crippen LogP contribution is 2.39. The number of benzene rings is 2. The van der Waals surface area contributed by atoms with Gasteiger partial charge in [-0.05, 0) is 44.0 Å². The lowest BCUT2D eigenvalue weighted by atomic mass is 10.0. The fourth-order valence-corrected chi connectivity index (χ4v) is 2.89. The molecule has 0 aliphatic rings. The molecule has 0 aliphatic carbocycles. The molecule has 0 radical (unpaired) electrons. The van der Waals surface area contributed by atoms with Crippen LogP contribution >= 0.6 is 55.1 Å². The van der Waals surface area contributed by atoms with Crippen LogP contribution in [0.1, 0.15) is 11.1 Å². The maximum absolute atomic E-state index is 9.18. The molecule has 0 atom stereocenters. The molecule has 0 amide bonds. The van der Waals surface area contributed by atoms with Crippen LogP contribution in [0, 0.1) is 22.7 Å². The average molecular weight is 405 g/mol. The van der Waals surface area contributed by atoms with Gasteiger partial charge in [-0.3, -0.25) is 0 Å². The molecule has 2 aromatic carbocycles. The Labute approximate surface area is 130 Å². The first kappa shape index (κ1) is 13.6. The van der Waals surface area contributed by atoms with Gasteiger partial charge >= 0.3 is 0 Å². The van der Waals surface area contributed by atoms with Crippen LogP contribution < -0.4 is 0 Å². The molecule has 6 heteroatoms. The second kappa shape index (κ2) is 5.07. The van der Waals surface area contributed by atoms with Crippen molar-refractivity contribution in [1.82, 2.24) is 0 Å². The monoisotopic (exact) mass is 402 g/mol. The molecule has 88 valence electrons. The van der Waals surface area contributed by atoms with Crippen LogP contribution in [-0.2, 0) is 0 Å². The number of fused-ring (bicyclic) bond motifs is 1. The van der Waals surface area contributed by atoms with Gasteiger partial charge in [-0.25, -0.2) is 0 Å². The van der Waals surface area contributed by atoms with Crippen molar-refractivity contribution < 1.29 is 0 Å². The molecule has 0 saturated carbocycles. The van der Waals surface area contributed by atoms with Gasteiger partial charge in [0.25, 0.3) is 0 Å². The lowest BCUT2D eigenvalue weighted by molar-refractivity contribution is 1.48. The Kier molecular flexibility index (Phi) is 3.84. The summed E-state index contributed by atoms with van der Waals surface area (Å²) >= 11 is 18.7. The van der Waals surface area contributed by atoms with Crippen LogP contribution in [0.4, 0.5) is 0 Å². The summed E-state index contributed by atoms with van der Waals surface area (Å²) in [5.74, 6) is 0. The largest absolute Gasteiger partial charge is 0.192 e. The zero-order valence-electron chi connectivity index (χ0n) is 8.56. The lowest BCUT2D eigenvalue weighted by Gasteiger charge is -2.09. The Balaban J connectivity index is 3.13. The van der Waals surface area contributed by atoms with Gasteiger partial charge in [0.2, 0.25) is 0 Å². The smallest absolute Gasteiger partial charge is 0.101 e. The molecule has 18 heavy (non-hydrogen) atoms. The molecule has 0 fully saturated rings. The molecule has 2 nitrogen and oxygen atoms in total. The SMILES string of the molecule is N#Cc1c(Cl)c(Br)cc2c(C#N)c(Cl)c(Br)cc12. The van der Waals surface area contributed by atoms with Crippen molar-refractivity contribution in [2.75, 3.05) is 0 Å². The second-order valence-corrected chi connectivity index (χ2v) is 5.88. The second-order valence-electron chi connectivity index (χ2n) is 3.41. The van der Waals surface area contributed by atoms with Gasteiger partial charge in [-0.2, -0.15) is 10.5 Å². The molecule has 2 aromatic rings. The normalized spacial score (nSPS) is 10.1. The van der Waals surface area contributed by atoms with E-state index < -0.39 is 0 Å². The van der Waals surface area contributed by atoms with E-state index in [2.05, 4.69) is 31.9 Å². The van der Waals surface area contributed by atoms with E-state index in [4.69, 9.17) is 23.2 Å². The lowest BCUT2D eigenvalue weighted by Crippen LogP contribution is -1.89. The average Bonchev–Trinajstić information content (AvgIpc) is 2.34. The summed E-state index contributed by atoms with van der Waals surface area (Å²) in [6.45, 7) is 0. The predicted octanol–water partition coefficient (Wildman–Crippen LogP) is 5.41. The van der Waals surface area contributed by atoms with Gasteiger partial charge < -0.3 is 0 Å². The summed E-state index contributed by atoms with van der Waals surface area (Å²) in [5, 5.41) is 20.2. The Bertz CT molecular complexity index is 692. The summed E-state index contributed by atoms with van der Waals surface area (Å²) in [5.41, 5.74) is 0.629. The van der Waals surface area contributed by atoms with Gasteiger partial charge in [-0.15, -0.1) is 0 Å². The van der Waals surface area contributed by atoms with E-state index in [1.165, 1.54) is 0 Å². The summed E-state index contributed by atoms with van der Waals surface area (Å²) in [6, 6.07) is 7.46. The highest BCUT2D eigenvalue weighted by molar-refractivity contribution is 9.10. The van der Waals surface area contributed by atoms with Crippen molar-refractivity contribution in [2.24, 2.45) is 0 Å². The molecule has 0 unspecified atom stereocenters. The van der Waals surface area contributed by atoms with Gasteiger partial charge in [0.15, 0.2) is 0 Å². The topological polar surface area (TPSA) is 47.6 Å². The zero-order valence-corrected chi connectivity index (χ0v) is 13.2. The summed E-state index contributed by atoms with van der Waals surface area (Å²) in [6.07, 6.45) is 0. The summed E-state index contributed by atoms with van der Waals surface area (Å²) < 4.78 is 1.12. The fraction of sp³-hybridized carbons (Fsp3) is 0. The van der Waals surface area contributed by atoms with E-state index >= 15 is 0 Å². The number of nitriles is 2. The molecular formula is C12H2Br2Cl2N2. The minimum atomic E-state index is 0.315. The van der Waals surface area contributed by atoms with E-state index in [0.29, 0.717) is 40.9 Å². The van der Waals surface area contributed by atoms with Crippen molar-refractivity contribution in [3.63, 3.8) is 0 Å². The Morgan fingerprint density at radius 1 is 0.833 bits per heavy atom. The zero-order chi connectivity index (χ0) is 13.4. The standard InChI is InChI=1S/C12H2Br2Cl2N2/c13-9-1-5-6(8(4-18)11(9)15)2-10(14)12(16)7(5)3-17/h1-2H. The van der Waals surface area contributed by atoms with Gasteiger partial charge in [0, 0.05) is 19.7 Å². The molecule has 0 aliphatic heterocycles. The van der Waals surface area contributed by atoms with Crippen molar-refractivity contribution in [3.8, 4) is 12.1 Å². The fourth-order valence-electron chi connectivity index (χ4n) is 1.64. The van der Waals surface area contributed by atoms with Gasteiger partial charge in [0.1, 0.15) is 12.1 Å². The van der Waals surface area contributed by atoms with Gasteiger partial charge in [0.05, 0.1) is 21.2 Å². The van der Waals surface area contributed by atoms with E-state index in [1.54, 1.807) is 12.1 Å². The van der Waals surface area contributed by atoms with Crippen molar-refractivity contribution >= 4 is 65.8 Å². The van der Waals surface area contributed by atoms with Crippen molar-refractivity contribution in [1.29, 1.82) is 10.5 Å². The maximum Gasteiger partial charge on any atom is 0.101 e. The third-order valence-corrected chi connectivity index (χ3v) is 4.95. The molecule has 0 bridgehead atoms. The third-order valence-electron chi connectivity index (χ3n) is 2.45. The van der Waals surface area contributed by atoms with Crippen LogP contribution in [0.15, 0.2) is 21.1 Å². The Morgan fingerprint density at radius 3 is 1.44 bits per heavy atom. The van der Waals surface area contributed by atoms with Crippen LogP contribution in [0.2, 0.25) is 10.0 Å². The molecule has 0 N–H and O–H groups in total. The Hall–Kier alpha value is -0.780. The van der Waals surface area contributed by atoms with Crippen LogP contribution in [0.25, 0.3) is 10.8 Å². The summed E-state index contributed by atoms with van der Waals surface area (Å²) in [4.78, 5) is 0. The molecule has 0 spiro atoms. The molecular weight excluding hydrogens is 403 g/mol. The van der Waals surface area contributed by atoms with E-state index in [9.17, 15) is 10.5 Å². The van der Waals surface area contributed by atoms with E-state index in [1.807, 2.05) is 12.1 Å². The van der Waals surface area contributed by atoms with E-state index in [0.717, 1.165) is 0 Å². The van der Waals surface area contributed by atoms with E-state index in [-0.39, 0.29) is 0 Å².